The molecule has 1 heteroatoms. The van der Waals surface area contributed by atoms with E-state index in [1.807, 2.05) is 0 Å². The molecule has 2 saturated carbocycles. The molecule has 0 nitrogen and oxygen atoms in total. The first-order chi connectivity index (χ1) is 5.77. The van der Waals surface area contributed by atoms with Crippen molar-refractivity contribution in [1.29, 1.82) is 0 Å². The van der Waals surface area contributed by atoms with Crippen LogP contribution in [-0.4, -0.2) is 5.25 Å². The summed E-state index contributed by atoms with van der Waals surface area (Å²) in [5.41, 5.74) is 0. The fourth-order valence-electron chi connectivity index (χ4n) is 3.13. The van der Waals surface area contributed by atoms with E-state index in [4.69, 9.17) is 0 Å². The normalized spacial score (nSPS) is 42.0. The molecule has 0 N–H and O–H groups in total. The Morgan fingerprint density at radius 1 is 1.42 bits per heavy atom. The Bertz CT molecular complexity index is 153. The Hall–Kier alpha value is 0.350. The summed E-state index contributed by atoms with van der Waals surface area (Å²) in [5, 5.41) is 0.616. The molecule has 4 unspecified atom stereocenters. The van der Waals surface area contributed by atoms with Gasteiger partial charge in [-0.1, -0.05) is 19.8 Å². The standard InChI is InChI=1S/C11H20S/c1-8(12)5-6-10-7-9-3-2-4-11(9)10/h8-12H,2-7H2,1H3. The topological polar surface area (TPSA) is 0 Å². The third-order valence-electron chi connectivity index (χ3n) is 3.88. The molecule has 0 bridgehead atoms. The van der Waals surface area contributed by atoms with Gasteiger partial charge in [-0.2, -0.15) is 12.6 Å². The van der Waals surface area contributed by atoms with Gasteiger partial charge in [0.15, 0.2) is 0 Å². The van der Waals surface area contributed by atoms with Crippen LogP contribution in [-0.2, 0) is 0 Å². The third-order valence-corrected chi connectivity index (χ3v) is 4.14. The van der Waals surface area contributed by atoms with E-state index in [1.165, 1.54) is 32.1 Å². The van der Waals surface area contributed by atoms with Crippen molar-refractivity contribution >= 4 is 12.6 Å². The molecule has 0 heterocycles. The molecule has 2 aliphatic rings. The lowest BCUT2D eigenvalue weighted by Crippen LogP contribution is -2.32. The Balaban J connectivity index is 1.70. The fraction of sp³-hybridized carbons (Fsp3) is 1.00. The average molecular weight is 184 g/mol. The number of fused-ring (bicyclic) bond motifs is 1. The minimum Gasteiger partial charge on any atom is -0.176 e. The second kappa shape index (κ2) is 3.61. The van der Waals surface area contributed by atoms with Crippen LogP contribution in [0.4, 0.5) is 0 Å². The summed E-state index contributed by atoms with van der Waals surface area (Å²) in [4.78, 5) is 0. The molecule has 2 fully saturated rings. The maximum atomic E-state index is 4.43. The molecular formula is C11H20S. The molecule has 2 aliphatic carbocycles. The molecule has 0 aromatic carbocycles. The molecule has 0 radical (unpaired) electrons. The van der Waals surface area contributed by atoms with Crippen LogP contribution < -0.4 is 0 Å². The zero-order valence-corrected chi connectivity index (χ0v) is 8.89. The lowest BCUT2D eigenvalue weighted by molar-refractivity contribution is 0.0933. The smallest absolute Gasteiger partial charge is 0.00115 e. The Labute approximate surface area is 81.5 Å². The lowest BCUT2D eigenvalue weighted by Gasteiger charge is -2.41. The highest BCUT2D eigenvalue weighted by molar-refractivity contribution is 7.80. The predicted octanol–water partition coefficient (Wildman–Crippen LogP) is 3.52. The van der Waals surface area contributed by atoms with Gasteiger partial charge in [0, 0.05) is 0 Å². The number of thiol groups is 1. The van der Waals surface area contributed by atoms with Crippen LogP contribution in [0.1, 0.15) is 45.4 Å². The summed E-state index contributed by atoms with van der Waals surface area (Å²) in [5.74, 6) is 3.37. The van der Waals surface area contributed by atoms with Gasteiger partial charge in [-0.25, -0.2) is 0 Å². The van der Waals surface area contributed by atoms with Crippen molar-refractivity contribution in [3.63, 3.8) is 0 Å². The van der Waals surface area contributed by atoms with E-state index in [9.17, 15) is 0 Å². The van der Waals surface area contributed by atoms with E-state index in [-0.39, 0.29) is 0 Å². The van der Waals surface area contributed by atoms with Crippen LogP contribution >= 0.6 is 12.6 Å². The van der Waals surface area contributed by atoms with E-state index in [2.05, 4.69) is 19.6 Å². The maximum absolute atomic E-state index is 4.43. The van der Waals surface area contributed by atoms with Gasteiger partial charge < -0.3 is 0 Å². The summed E-state index contributed by atoms with van der Waals surface area (Å²) in [6.45, 7) is 2.22. The van der Waals surface area contributed by atoms with Crippen molar-refractivity contribution in [3.8, 4) is 0 Å². The number of hydrogen-bond donors (Lipinski definition) is 1. The largest absolute Gasteiger partial charge is 0.176 e. The molecular weight excluding hydrogens is 164 g/mol. The molecule has 4 atom stereocenters. The summed E-state index contributed by atoms with van der Waals surface area (Å²) in [7, 11) is 0. The highest BCUT2D eigenvalue weighted by Gasteiger charge is 2.42. The third kappa shape index (κ3) is 1.66. The van der Waals surface area contributed by atoms with Crippen LogP contribution in [0.5, 0.6) is 0 Å². The van der Waals surface area contributed by atoms with E-state index in [0.29, 0.717) is 5.25 Å². The summed E-state index contributed by atoms with van der Waals surface area (Å²) in [6, 6.07) is 0. The van der Waals surface area contributed by atoms with Gasteiger partial charge in [-0.05, 0) is 48.7 Å². The van der Waals surface area contributed by atoms with Crippen molar-refractivity contribution in [1.82, 2.24) is 0 Å². The monoisotopic (exact) mass is 184 g/mol. The first-order valence-corrected chi connectivity index (χ1v) is 5.97. The quantitative estimate of drug-likeness (QED) is 0.637. The zero-order chi connectivity index (χ0) is 8.55. The average Bonchev–Trinajstić information content (AvgIpc) is 2.32. The number of hydrogen-bond acceptors (Lipinski definition) is 1. The van der Waals surface area contributed by atoms with E-state index >= 15 is 0 Å². The maximum Gasteiger partial charge on any atom is -0.00115 e. The van der Waals surface area contributed by atoms with E-state index in [0.717, 1.165) is 17.8 Å². The van der Waals surface area contributed by atoms with Crippen molar-refractivity contribution in [2.45, 2.75) is 50.7 Å². The van der Waals surface area contributed by atoms with Crippen LogP contribution in [0, 0.1) is 17.8 Å². The molecule has 0 aliphatic heterocycles. The summed E-state index contributed by atoms with van der Waals surface area (Å²) < 4.78 is 0. The van der Waals surface area contributed by atoms with E-state index in [1.54, 1.807) is 6.42 Å². The molecule has 70 valence electrons. The highest BCUT2D eigenvalue weighted by atomic mass is 32.1. The Morgan fingerprint density at radius 2 is 2.25 bits per heavy atom. The van der Waals surface area contributed by atoms with Crippen LogP contribution in [0.25, 0.3) is 0 Å². The van der Waals surface area contributed by atoms with Gasteiger partial charge in [-0.15, -0.1) is 0 Å². The molecule has 0 aromatic heterocycles. The molecule has 0 amide bonds. The lowest BCUT2D eigenvalue weighted by atomic mass is 9.65. The van der Waals surface area contributed by atoms with Gasteiger partial charge in [0.1, 0.15) is 0 Å². The van der Waals surface area contributed by atoms with Crippen molar-refractivity contribution in [2.75, 3.05) is 0 Å². The minimum atomic E-state index is 0.616. The SMILES string of the molecule is CC(S)CCC1CC2CCCC21. The van der Waals surface area contributed by atoms with Gasteiger partial charge >= 0.3 is 0 Å². The second-order valence-electron chi connectivity index (χ2n) is 4.78. The molecule has 12 heavy (non-hydrogen) atoms. The van der Waals surface area contributed by atoms with Crippen molar-refractivity contribution in [2.24, 2.45) is 17.8 Å². The predicted molar refractivity (Wildman–Crippen MR) is 56.6 cm³/mol. The number of rotatable bonds is 3. The summed E-state index contributed by atoms with van der Waals surface area (Å²) in [6.07, 6.45) is 8.92. The Kier molecular flexibility index (Phi) is 2.69. The van der Waals surface area contributed by atoms with Gasteiger partial charge in [0.25, 0.3) is 0 Å². The van der Waals surface area contributed by atoms with Gasteiger partial charge in [-0.3, -0.25) is 0 Å². The molecule has 0 spiro atoms. The molecule has 0 saturated heterocycles. The van der Waals surface area contributed by atoms with Crippen molar-refractivity contribution < 1.29 is 0 Å². The minimum absolute atomic E-state index is 0.616. The zero-order valence-electron chi connectivity index (χ0n) is 8.00. The van der Waals surface area contributed by atoms with Gasteiger partial charge in [0.05, 0.1) is 0 Å². The summed E-state index contributed by atoms with van der Waals surface area (Å²) >= 11 is 4.43. The van der Waals surface area contributed by atoms with Gasteiger partial charge in [0.2, 0.25) is 0 Å². The van der Waals surface area contributed by atoms with Crippen LogP contribution in [0.15, 0.2) is 0 Å². The molecule has 0 aromatic rings. The second-order valence-corrected chi connectivity index (χ2v) is 5.66. The first-order valence-electron chi connectivity index (χ1n) is 5.45. The van der Waals surface area contributed by atoms with Crippen LogP contribution in [0.3, 0.4) is 0 Å². The Morgan fingerprint density at radius 3 is 2.92 bits per heavy atom. The highest BCUT2D eigenvalue weighted by Crippen LogP contribution is 2.52. The van der Waals surface area contributed by atoms with Crippen molar-refractivity contribution in [3.05, 3.63) is 0 Å². The first kappa shape index (κ1) is 8.93. The fourth-order valence-corrected chi connectivity index (χ4v) is 3.28. The molecule has 2 rings (SSSR count). The van der Waals surface area contributed by atoms with E-state index < -0.39 is 0 Å². The van der Waals surface area contributed by atoms with Crippen LogP contribution in [0.2, 0.25) is 0 Å².